The van der Waals surface area contributed by atoms with E-state index in [2.05, 4.69) is 0 Å². The van der Waals surface area contributed by atoms with E-state index in [1.165, 1.54) is 6.08 Å². The highest BCUT2D eigenvalue weighted by Crippen LogP contribution is 2.41. The highest BCUT2D eigenvalue weighted by molar-refractivity contribution is 5.67. The average Bonchev–Trinajstić information content (AvgIpc) is 2.88. The van der Waals surface area contributed by atoms with Crippen molar-refractivity contribution in [2.75, 3.05) is 26.4 Å². The third kappa shape index (κ3) is 6.70. The molecule has 0 spiro atoms. The minimum Gasteiger partial charge on any atom is -0.487 e. The van der Waals surface area contributed by atoms with Crippen LogP contribution in [-0.4, -0.2) is 66.0 Å². The van der Waals surface area contributed by atoms with Gasteiger partial charge in [-0.3, -0.25) is 0 Å². The fraction of sp³-hybridized carbons (Fsp3) is 0.591. The van der Waals surface area contributed by atoms with Crippen molar-refractivity contribution in [3.63, 3.8) is 0 Å². The highest BCUT2D eigenvalue weighted by atomic mass is 19.1. The summed E-state index contributed by atoms with van der Waals surface area (Å²) in [5.74, 6) is -2.71. The molecule has 6 atom stereocenters. The second-order valence-corrected chi connectivity index (χ2v) is 8.11. The van der Waals surface area contributed by atoms with Gasteiger partial charge in [0.25, 0.3) is 0 Å². The molecule has 3 N–H and O–H groups in total. The molecule has 1 heterocycles. The molecule has 0 amide bonds. The highest BCUT2D eigenvalue weighted by Gasteiger charge is 2.43. The summed E-state index contributed by atoms with van der Waals surface area (Å²) in [5, 5.41) is 29.3. The summed E-state index contributed by atoms with van der Waals surface area (Å²) in [6, 6.07) is 2.85. The Morgan fingerprint density at radius 3 is 2.90 bits per heavy atom. The Balaban J connectivity index is 1.51. The summed E-state index contributed by atoms with van der Waals surface area (Å²) >= 11 is 0. The first-order chi connectivity index (χ1) is 14.8. The normalized spacial score (nSPS) is 29.5. The zero-order valence-corrected chi connectivity index (χ0v) is 17.0. The Morgan fingerprint density at radius 2 is 2.13 bits per heavy atom. The van der Waals surface area contributed by atoms with Crippen molar-refractivity contribution in [1.29, 1.82) is 0 Å². The average molecular weight is 442 g/mol. The number of rotatable bonds is 9. The molecule has 0 aromatic heterocycles. The smallest absolute Gasteiger partial charge is 0.329 e. The summed E-state index contributed by atoms with van der Waals surface area (Å²) in [4.78, 5) is 10.6. The van der Waals surface area contributed by atoms with Crippen molar-refractivity contribution in [3.8, 4) is 5.75 Å². The number of halogens is 2. The maximum Gasteiger partial charge on any atom is 0.329 e. The summed E-state index contributed by atoms with van der Waals surface area (Å²) in [6.07, 6.45) is 3.47. The number of carboxylic acid groups (broad SMARTS) is 1. The second-order valence-electron chi connectivity index (χ2n) is 8.11. The summed E-state index contributed by atoms with van der Waals surface area (Å²) in [6.45, 7) is 0.154. The van der Waals surface area contributed by atoms with Crippen molar-refractivity contribution in [1.82, 2.24) is 0 Å². The molecule has 1 aromatic rings. The largest absolute Gasteiger partial charge is 0.487 e. The Morgan fingerprint density at radius 1 is 1.32 bits per heavy atom. The minimum absolute atomic E-state index is 0.0597. The van der Waals surface area contributed by atoms with Crippen LogP contribution < -0.4 is 4.74 Å². The molecule has 3 rings (SSSR count). The number of carbonyl (C=O) groups is 1. The van der Waals surface area contributed by atoms with Crippen molar-refractivity contribution in [2.45, 2.75) is 37.6 Å². The van der Waals surface area contributed by atoms with Gasteiger partial charge in [-0.05, 0) is 30.9 Å². The molecule has 7 nitrogen and oxygen atoms in total. The predicted molar refractivity (Wildman–Crippen MR) is 106 cm³/mol. The molecule has 2 aliphatic rings. The number of aliphatic hydroxyl groups is 2. The van der Waals surface area contributed by atoms with E-state index >= 15 is 0 Å². The molecule has 172 valence electrons. The van der Waals surface area contributed by atoms with Crippen LogP contribution in [0.5, 0.6) is 5.75 Å². The molecule has 0 radical (unpaired) electrons. The molecule has 1 aliphatic heterocycles. The Hall–Kier alpha value is -2.07. The topological polar surface area (TPSA) is 105 Å². The van der Waals surface area contributed by atoms with Crippen LogP contribution in [0.2, 0.25) is 0 Å². The molecule has 1 saturated carbocycles. The quantitative estimate of drug-likeness (QED) is 0.504. The van der Waals surface area contributed by atoms with Gasteiger partial charge in [-0.15, -0.1) is 0 Å². The van der Waals surface area contributed by atoms with Gasteiger partial charge in [-0.2, -0.15) is 0 Å². The number of aliphatic hydroxyl groups excluding tert-OH is 2. The zero-order chi connectivity index (χ0) is 22.4. The van der Waals surface area contributed by atoms with E-state index in [1.807, 2.05) is 0 Å². The summed E-state index contributed by atoms with van der Waals surface area (Å²) in [7, 11) is 0. The lowest BCUT2D eigenvalue weighted by Crippen LogP contribution is -2.22. The molecular weight excluding hydrogens is 414 g/mol. The maximum absolute atomic E-state index is 13.6. The fourth-order valence-electron chi connectivity index (χ4n) is 4.23. The van der Waals surface area contributed by atoms with Gasteiger partial charge in [0.15, 0.2) is 11.6 Å². The van der Waals surface area contributed by atoms with Crippen LogP contribution in [0.25, 0.3) is 0 Å². The van der Waals surface area contributed by atoms with Gasteiger partial charge in [0.05, 0.1) is 25.4 Å². The zero-order valence-electron chi connectivity index (χ0n) is 17.0. The minimum atomic E-state index is -1.06. The van der Waals surface area contributed by atoms with E-state index in [4.69, 9.17) is 19.3 Å². The van der Waals surface area contributed by atoms with E-state index in [-0.39, 0.29) is 42.8 Å². The first kappa shape index (κ1) is 23.6. The van der Waals surface area contributed by atoms with Crippen molar-refractivity contribution in [2.24, 2.45) is 17.8 Å². The number of aliphatic carboxylic acids is 1. The van der Waals surface area contributed by atoms with Crippen LogP contribution in [0.1, 0.15) is 19.3 Å². The van der Waals surface area contributed by atoms with Crippen molar-refractivity contribution < 1.29 is 43.1 Å². The van der Waals surface area contributed by atoms with E-state index in [1.54, 1.807) is 6.08 Å². The van der Waals surface area contributed by atoms with Gasteiger partial charge in [-0.25, -0.2) is 13.6 Å². The Bertz CT molecular complexity index is 772. The number of benzene rings is 1. The third-order valence-electron chi connectivity index (χ3n) is 5.78. The Labute approximate surface area is 179 Å². The van der Waals surface area contributed by atoms with Gasteiger partial charge >= 0.3 is 5.97 Å². The third-order valence-corrected chi connectivity index (χ3v) is 5.78. The number of fused-ring (bicyclic) bond motifs is 1. The summed E-state index contributed by atoms with van der Waals surface area (Å²) in [5.41, 5.74) is 0. The van der Waals surface area contributed by atoms with Crippen LogP contribution in [0.3, 0.4) is 0 Å². The van der Waals surface area contributed by atoms with E-state index in [9.17, 15) is 23.8 Å². The van der Waals surface area contributed by atoms with Gasteiger partial charge in [0.1, 0.15) is 25.1 Å². The molecule has 1 saturated heterocycles. The molecule has 0 unspecified atom stereocenters. The first-order valence-electron chi connectivity index (χ1n) is 10.4. The lowest BCUT2D eigenvalue weighted by molar-refractivity contribution is -0.143. The lowest BCUT2D eigenvalue weighted by atomic mass is 9.87. The SMILES string of the molecule is O=C(O)COC[C@H]1CC[C@@H]2[C@@H](/C=C/[C@@H](O)COc3cc(F)ccc3F)[C@H](O)C[C@@H]2OC1. The van der Waals surface area contributed by atoms with Crippen LogP contribution >= 0.6 is 0 Å². The van der Waals surface area contributed by atoms with Gasteiger partial charge in [0, 0.05) is 24.3 Å². The molecule has 9 heteroatoms. The molecular formula is C22H28F2O7. The predicted octanol–water partition coefficient (Wildman–Crippen LogP) is 2.15. The molecule has 2 fully saturated rings. The first-order valence-corrected chi connectivity index (χ1v) is 10.4. The molecule has 1 aromatic carbocycles. The number of ether oxygens (including phenoxy) is 3. The van der Waals surface area contributed by atoms with Crippen molar-refractivity contribution >= 4 is 5.97 Å². The monoisotopic (exact) mass is 442 g/mol. The van der Waals surface area contributed by atoms with Crippen molar-refractivity contribution in [3.05, 3.63) is 42.0 Å². The van der Waals surface area contributed by atoms with Crippen LogP contribution in [0.4, 0.5) is 8.78 Å². The fourth-order valence-corrected chi connectivity index (χ4v) is 4.23. The standard InChI is InChI=1S/C22H28F2O7/c23-14-2-6-18(24)21(7-14)31-11-15(25)3-5-16-17-4-1-13(9-29-12-22(27)28)10-30-20(17)8-19(16)26/h2-3,5-7,13,15-17,19-20,25-26H,1,4,8-12H2,(H,27,28)/b5-3+/t13-,15-,16-,17-,19-,20+/m1/s1. The molecule has 31 heavy (non-hydrogen) atoms. The van der Waals surface area contributed by atoms with Crippen LogP contribution in [0, 0.1) is 29.4 Å². The second kappa shape index (κ2) is 11.0. The van der Waals surface area contributed by atoms with E-state index in [0.717, 1.165) is 31.0 Å². The lowest BCUT2D eigenvalue weighted by Gasteiger charge is -2.21. The molecule has 1 aliphatic carbocycles. The number of hydrogen-bond acceptors (Lipinski definition) is 6. The Kier molecular flexibility index (Phi) is 8.36. The van der Waals surface area contributed by atoms with Crippen LogP contribution in [0.15, 0.2) is 30.4 Å². The van der Waals surface area contributed by atoms with Gasteiger partial charge in [0.2, 0.25) is 0 Å². The number of carboxylic acids is 1. The van der Waals surface area contributed by atoms with Gasteiger partial charge in [-0.1, -0.05) is 12.2 Å². The summed E-state index contributed by atoms with van der Waals surface area (Å²) < 4.78 is 43.1. The van der Waals surface area contributed by atoms with E-state index in [0.29, 0.717) is 19.6 Å². The number of hydrogen-bond donors (Lipinski definition) is 3. The van der Waals surface area contributed by atoms with Crippen LogP contribution in [-0.2, 0) is 14.3 Å². The van der Waals surface area contributed by atoms with Gasteiger partial charge < -0.3 is 29.5 Å². The maximum atomic E-state index is 13.6. The van der Waals surface area contributed by atoms with E-state index < -0.39 is 29.8 Å². The molecule has 0 bridgehead atoms.